The zero-order valence-electron chi connectivity index (χ0n) is 16.2. The molecule has 0 fully saturated rings. The summed E-state index contributed by atoms with van der Waals surface area (Å²) < 4.78 is 16.4. The first-order valence-electron chi connectivity index (χ1n) is 9.26. The van der Waals surface area contributed by atoms with Crippen molar-refractivity contribution in [2.75, 3.05) is 19.0 Å². The average molecular weight is 398 g/mol. The fraction of sp³-hybridized carbons (Fsp3) is 0.0833. The third-order valence-electron chi connectivity index (χ3n) is 4.55. The molecule has 1 amide bonds. The molecule has 0 atom stereocenters. The molecule has 0 radical (unpaired) electrons. The number of amides is 1. The lowest BCUT2D eigenvalue weighted by Crippen LogP contribution is -2.07. The molecule has 0 unspecified atom stereocenters. The molecule has 0 aliphatic heterocycles. The van der Waals surface area contributed by atoms with Gasteiger partial charge in [-0.1, -0.05) is 24.3 Å². The van der Waals surface area contributed by atoms with E-state index in [1.165, 1.54) is 13.2 Å². The zero-order valence-corrected chi connectivity index (χ0v) is 16.2. The van der Waals surface area contributed by atoms with Crippen molar-refractivity contribution >= 4 is 39.6 Å². The zero-order chi connectivity index (χ0) is 20.9. The number of nitrogens with one attached hydrogen (secondary N) is 1. The summed E-state index contributed by atoms with van der Waals surface area (Å²) >= 11 is 0. The van der Waals surface area contributed by atoms with Crippen LogP contribution in [0.25, 0.3) is 28.0 Å². The predicted octanol–water partition coefficient (Wildman–Crippen LogP) is 5.15. The van der Waals surface area contributed by atoms with Gasteiger partial charge in [0.1, 0.15) is 17.2 Å². The van der Waals surface area contributed by atoms with Gasteiger partial charge >= 0.3 is 0 Å². The molecule has 0 aliphatic rings. The maximum Gasteiger partial charge on any atom is 0.248 e. The largest absolute Gasteiger partial charge is 0.493 e. The predicted molar refractivity (Wildman–Crippen MR) is 115 cm³/mol. The van der Waals surface area contributed by atoms with Crippen molar-refractivity contribution in [3.8, 4) is 17.6 Å². The lowest BCUT2D eigenvalue weighted by molar-refractivity contribution is -0.111. The van der Waals surface area contributed by atoms with E-state index in [-0.39, 0.29) is 12.5 Å². The van der Waals surface area contributed by atoms with Crippen molar-refractivity contribution in [3.63, 3.8) is 0 Å². The smallest absolute Gasteiger partial charge is 0.248 e. The van der Waals surface area contributed by atoms with Gasteiger partial charge < -0.3 is 19.2 Å². The van der Waals surface area contributed by atoms with Crippen molar-refractivity contribution in [2.24, 2.45) is 0 Å². The lowest BCUT2D eigenvalue weighted by atomic mass is 10.1. The van der Waals surface area contributed by atoms with E-state index >= 15 is 0 Å². The van der Waals surface area contributed by atoms with Crippen LogP contribution < -0.4 is 14.8 Å². The van der Waals surface area contributed by atoms with Crippen LogP contribution in [0.5, 0.6) is 11.5 Å². The Morgan fingerprint density at radius 2 is 1.90 bits per heavy atom. The Morgan fingerprint density at radius 1 is 1.07 bits per heavy atom. The van der Waals surface area contributed by atoms with Gasteiger partial charge in [0.15, 0.2) is 18.1 Å². The van der Waals surface area contributed by atoms with Crippen LogP contribution in [0, 0.1) is 11.3 Å². The molecule has 0 aliphatic carbocycles. The number of carbonyl (C=O) groups excluding carboxylic acids is 1. The van der Waals surface area contributed by atoms with Crippen molar-refractivity contribution in [1.82, 2.24) is 0 Å². The molecular formula is C24H18N2O4. The van der Waals surface area contributed by atoms with E-state index < -0.39 is 0 Å². The van der Waals surface area contributed by atoms with Gasteiger partial charge in [-0.05, 0) is 48.0 Å². The number of rotatable bonds is 6. The van der Waals surface area contributed by atoms with Crippen molar-refractivity contribution in [2.45, 2.75) is 0 Å². The SMILES string of the molecule is COc1cc(/C=C/C(=O)Nc2ccc3oc4ccccc4c3c2)ccc1OCC#N. The molecule has 0 spiro atoms. The van der Waals surface area contributed by atoms with Crippen LogP contribution in [0.3, 0.4) is 0 Å². The fourth-order valence-corrected chi connectivity index (χ4v) is 3.18. The second-order valence-corrected chi connectivity index (χ2v) is 6.49. The molecule has 4 rings (SSSR count). The number of benzene rings is 3. The van der Waals surface area contributed by atoms with Crippen molar-refractivity contribution in [3.05, 3.63) is 72.3 Å². The van der Waals surface area contributed by atoms with Gasteiger partial charge in [-0.25, -0.2) is 0 Å². The van der Waals surface area contributed by atoms with E-state index in [1.807, 2.05) is 42.5 Å². The van der Waals surface area contributed by atoms with E-state index in [9.17, 15) is 4.79 Å². The van der Waals surface area contributed by atoms with Crippen LogP contribution in [0.4, 0.5) is 5.69 Å². The van der Waals surface area contributed by atoms with E-state index in [0.29, 0.717) is 17.2 Å². The second kappa shape index (κ2) is 8.41. The van der Waals surface area contributed by atoms with Gasteiger partial charge in [0.05, 0.1) is 7.11 Å². The molecule has 0 saturated carbocycles. The number of carbonyl (C=O) groups is 1. The number of hydrogen-bond donors (Lipinski definition) is 1. The number of nitrogens with zero attached hydrogens (tertiary/aromatic N) is 1. The number of nitriles is 1. The third kappa shape index (κ3) is 3.96. The first-order valence-corrected chi connectivity index (χ1v) is 9.26. The molecule has 1 aromatic heterocycles. The first-order chi connectivity index (χ1) is 14.7. The molecular weight excluding hydrogens is 380 g/mol. The molecule has 1 N–H and O–H groups in total. The molecule has 1 heterocycles. The molecule has 3 aromatic carbocycles. The summed E-state index contributed by atoms with van der Waals surface area (Å²) in [4.78, 5) is 12.4. The maximum absolute atomic E-state index is 12.4. The van der Waals surface area contributed by atoms with E-state index in [1.54, 1.807) is 30.3 Å². The average Bonchev–Trinajstić information content (AvgIpc) is 3.14. The van der Waals surface area contributed by atoms with Crippen LogP contribution in [-0.4, -0.2) is 19.6 Å². The van der Waals surface area contributed by atoms with Crippen LogP contribution >= 0.6 is 0 Å². The normalized spacial score (nSPS) is 10.9. The van der Waals surface area contributed by atoms with Crippen LogP contribution in [0.2, 0.25) is 0 Å². The molecule has 0 saturated heterocycles. The van der Waals surface area contributed by atoms with E-state index in [2.05, 4.69) is 5.32 Å². The van der Waals surface area contributed by atoms with Crippen molar-refractivity contribution in [1.29, 1.82) is 5.26 Å². The quantitative estimate of drug-likeness (QED) is 0.454. The highest BCUT2D eigenvalue weighted by Gasteiger charge is 2.08. The number of methoxy groups -OCH3 is 1. The van der Waals surface area contributed by atoms with E-state index in [4.69, 9.17) is 19.2 Å². The monoisotopic (exact) mass is 398 g/mol. The van der Waals surface area contributed by atoms with Gasteiger partial charge in [-0.2, -0.15) is 5.26 Å². The van der Waals surface area contributed by atoms with Crippen LogP contribution in [-0.2, 0) is 4.79 Å². The number of para-hydroxylation sites is 1. The number of furan rings is 1. The molecule has 0 bridgehead atoms. The molecule has 6 nitrogen and oxygen atoms in total. The summed E-state index contributed by atoms with van der Waals surface area (Å²) in [5.74, 6) is 0.706. The standard InChI is InChI=1S/C24H18N2O4/c1-28-23-14-16(6-9-22(23)29-13-12-25)7-11-24(27)26-17-8-10-21-19(15-17)18-4-2-3-5-20(18)30-21/h2-11,14-15H,13H2,1H3,(H,26,27)/b11-7+. The van der Waals surface area contributed by atoms with Gasteiger partial charge in [0.25, 0.3) is 0 Å². The number of ether oxygens (including phenoxy) is 2. The molecule has 6 heteroatoms. The highest BCUT2D eigenvalue weighted by atomic mass is 16.5. The Kier molecular flexibility index (Phi) is 5.35. The molecule has 30 heavy (non-hydrogen) atoms. The lowest BCUT2D eigenvalue weighted by Gasteiger charge is -2.08. The van der Waals surface area contributed by atoms with Gasteiger partial charge in [-0.3, -0.25) is 4.79 Å². The Balaban J connectivity index is 1.50. The minimum absolute atomic E-state index is 0.0652. The maximum atomic E-state index is 12.4. The summed E-state index contributed by atoms with van der Waals surface area (Å²) in [7, 11) is 1.52. The fourth-order valence-electron chi connectivity index (χ4n) is 3.18. The minimum Gasteiger partial charge on any atom is -0.493 e. The Bertz CT molecular complexity index is 1300. The Labute approximate surface area is 172 Å². The summed E-state index contributed by atoms with van der Waals surface area (Å²) in [5.41, 5.74) is 3.03. The van der Waals surface area contributed by atoms with Crippen LogP contribution in [0.15, 0.2) is 71.2 Å². The Hall–Kier alpha value is -4.24. The van der Waals surface area contributed by atoms with Crippen molar-refractivity contribution < 1.29 is 18.7 Å². The summed E-state index contributed by atoms with van der Waals surface area (Å²) in [6, 6.07) is 20.5. The van der Waals surface area contributed by atoms with Gasteiger partial charge in [0.2, 0.25) is 5.91 Å². The Morgan fingerprint density at radius 3 is 2.73 bits per heavy atom. The first kappa shape index (κ1) is 19.1. The summed E-state index contributed by atoms with van der Waals surface area (Å²) in [6.07, 6.45) is 3.12. The highest BCUT2D eigenvalue weighted by Crippen LogP contribution is 2.31. The van der Waals surface area contributed by atoms with Gasteiger partial charge in [-0.15, -0.1) is 0 Å². The number of fused-ring (bicyclic) bond motifs is 3. The summed E-state index contributed by atoms with van der Waals surface area (Å²) in [5, 5.41) is 13.5. The third-order valence-corrected chi connectivity index (χ3v) is 4.55. The van der Waals surface area contributed by atoms with Gasteiger partial charge in [0, 0.05) is 22.5 Å². The van der Waals surface area contributed by atoms with Crippen LogP contribution in [0.1, 0.15) is 5.56 Å². The van der Waals surface area contributed by atoms with E-state index in [0.717, 1.165) is 27.5 Å². The summed E-state index contributed by atoms with van der Waals surface area (Å²) in [6.45, 7) is -0.0652. The topological polar surface area (TPSA) is 84.5 Å². The second-order valence-electron chi connectivity index (χ2n) is 6.49. The minimum atomic E-state index is -0.258. The number of anilines is 1. The molecule has 4 aromatic rings. The highest BCUT2D eigenvalue weighted by molar-refractivity contribution is 6.08. The molecule has 148 valence electrons. The number of hydrogen-bond acceptors (Lipinski definition) is 5.